The quantitative estimate of drug-likeness (QED) is 0.278. The Labute approximate surface area is 292 Å². The van der Waals surface area contributed by atoms with Crippen molar-refractivity contribution < 1.29 is 43.0 Å². The number of hydrogen-bond donors (Lipinski definition) is 3. The Morgan fingerprint density at radius 1 is 1.02 bits per heavy atom. The summed E-state index contributed by atoms with van der Waals surface area (Å²) in [6.07, 6.45) is 4.67. The Balaban J connectivity index is 1.23. The van der Waals surface area contributed by atoms with Crippen LogP contribution in [0.25, 0.3) is 0 Å². The third-order valence-electron chi connectivity index (χ3n) is 10.1. The second-order valence-corrected chi connectivity index (χ2v) is 15.3. The SMILES string of the molecule is CCC[C@H](NC(=O)[C@@H]1CC2(CC(c3ccc4c(c3)OCO4)=NO2)CN1C(=O)[C@@H](NC(=O)CC1CCOCC1)C(C)(C)C)C(=O)C(=O)NC1CC1. The fourth-order valence-corrected chi connectivity index (χ4v) is 7.08. The summed E-state index contributed by atoms with van der Waals surface area (Å²) in [5.41, 5.74) is -0.346. The smallest absolute Gasteiger partial charge is 0.289 e. The number of carbonyl (C=O) groups is 5. The van der Waals surface area contributed by atoms with Gasteiger partial charge in [0, 0.05) is 44.1 Å². The molecule has 3 N–H and O–H groups in total. The van der Waals surface area contributed by atoms with Crippen LogP contribution in [-0.4, -0.2) is 96.3 Å². The van der Waals surface area contributed by atoms with Crippen LogP contribution in [-0.2, 0) is 33.5 Å². The van der Waals surface area contributed by atoms with Crippen molar-refractivity contribution in [1.82, 2.24) is 20.9 Å². The topological polar surface area (TPSA) is 174 Å². The van der Waals surface area contributed by atoms with Crippen LogP contribution in [0, 0.1) is 11.3 Å². The van der Waals surface area contributed by atoms with E-state index in [9.17, 15) is 24.0 Å². The summed E-state index contributed by atoms with van der Waals surface area (Å²) in [7, 11) is 0. The Hall–Kier alpha value is -4.20. The second-order valence-electron chi connectivity index (χ2n) is 15.3. The fraction of sp³-hybridized carbons (Fsp3) is 0.667. The molecule has 1 saturated carbocycles. The minimum absolute atomic E-state index is 0.0123. The summed E-state index contributed by atoms with van der Waals surface area (Å²) in [5, 5.41) is 12.9. The van der Waals surface area contributed by atoms with Crippen LogP contribution in [0.2, 0.25) is 0 Å². The van der Waals surface area contributed by atoms with Gasteiger partial charge in [0.15, 0.2) is 17.1 Å². The first-order valence-corrected chi connectivity index (χ1v) is 17.8. The van der Waals surface area contributed by atoms with Crippen LogP contribution >= 0.6 is 0 Å². The van der Waals surface area contributed by atoms with Gasteiger partial charge in [-0.3, -0.25) is 24.0 Å². The van der Waals surface area contributed by atoms with Crippen molar-refractivity contribution in [2.45, 2.75) is 115 Å². The molecular formula is C36H49N5O9. The third kappa shape index (κ3) is 8.06. The Bertz CT molecular complexity index is 1530. The molecule has 1 aliphatic carbocycles. The number of hydrogen-bond acceptors (Lipinski definition) is 10. The molecule has 1 spiro atoms. The van der Waals surface area contributed by atoms with Crippen molar-refractivity contribution in [3.8, 4) is 11.5 Å². The average molecular weight is 696 g/mol. The number of carbonyl (C=O) groups excluding carboxylic acids is 5. The minimum atomic E-state index is -1.05. The van der Waals surface area contributed by atoms with E-state index in [1.807, 2.05) is 39.8 Å². The molecular weight excluding hydrogens is 646 g/mol. The van der Waals surface area contributed by atoms with Crippen molar-refractivity contribution in [3.05, 3.63) is 23.8 Å². The van der Waals surface area contributed by atoms with Crippen molar-refractivity contribution in [2.75, 3.05) is 26.6 Å². The third-order valence-corrected chi connectivity index (χ3v) is 10.1. The summed E-state index contributed by atoms with van der Waals surface area (Å²) in [6, 6.07) is 2.41. The highest BCUT2D eigenvalue weighted by Crippen LogP contribution is 2.41. The number of Topliss-reactive ketones (excluding diaryl/α,β-unsaturated/α-hetero) is 1. The molecule has 0 radical (unpaired) electrons. The molecule has 6 rings (SSSR count). The number of benzene rings is 1. The van der Waals surface area contributed by atoms with E-state index in [-0.39, 0.29) is 50.5 Å². The summed E-state index contributed by atoms with van der Waals surface area (Å²) in [4.78, 5) is 75.5. The van der Waals surface area contributed by atoms with Crippen LogP contribution in [0.3, 0.4) is 0 Å². The van der Waals surface area contributed by atoms with E-state index in [0.717, 1.165) is 31.2 Å². The lowest BCUT2D eigenvalue weighted by Crippen LogP contribution is -2.59. The van der Waals surface area contributed by atoms with Gasteiger partial charge >= 0.3 is 0 Å². The molecule has 4 heterocycles. The van der Waals surface area contributed by atoms with E-state index < -0.39 is 52.6 Å². The number of nitrogens with zero attached hydrogens (tertiary/aromatic N) is 2. The van der Waals surface area contributed by atoms with Gasteiger partial charge in [0.05, 0.1) is 18.3 Å². The van der Waals surface area contributed by atoms with E-state index >= 15 is 0 Å². The second kappa shape index (κ2) is 14.6. The van der Waals surface area contributed by atoms with Crippen LogP contribution in [0.15, 0.2) is 23.4 Å². The maximum absolute atomic E-state index is 14.6. The largest absolute Gasteiger partial charge is 0.454 e. The van der Waals surface area contributed by atoms with Crippen molar-refractivity contribution in [2.24, 2.45) is 16.5 Å². The maximum atomic E-state index is 14.6. The van der Waals surface area contributed by atoms with Crippen molar-refractivity contribution in [3.63, 3.8) is 0 Å². The average Bonchev–Trinajstić information content (AvgIpc) is 3.44. The molecule has 0 aromatic heterocycles. The monoisotopic (exact) mass is 695 g/mol. The number of oxime groups is 1. The normalized spacial score (nSPS) is 24.3. The number of fused-ring (bicyclic) bond motifs is 1. The molecule has 0 bridgehead atoms. The number of likely N-dealkylation sites (tertiary alicyclic amines) is 1. The molecule has 1 aromatic rings. The zero-order valence-corrected chi connectivity index (χ0v) is 29.4. The lowest BCUT2D eigenvalue weighted by molar-refractivity contribution is -0.145. The lowest BCUT2D eigenvalue weighted by atomic mass is 9.85. The number of amides is 4. The van der Waals surface area contributed by atoms with Gasteiger partial charge in [-0.25, -0.2) is 0 Å². The molecule has 4 amide bonds. The van der Waals surface area contributed by atoms with Crippen LogP contribution in [0.1, 0.15) is 91.0 Å². The van der Waals surface area contributed by atoms with Crippen LogP contribution < -0.4 is 25.4 Å². The zero-order valence-electron chi connectivity index (χ0n) is 29.4. The van der Waals surface area contributed by atoms with E-state index in [2.05, 4.69) is 21.1 Å². The lowest BCUT2D eigenvalue weighted by Gasteiger charge is -2.36. The number of rotatable bonds is 12. The molecule has 50 heavy (non-hydrogen) atoms. The molecule has 4 atom stereocenters. The minimum Gasteiger partial charge on any atom is -0.454 e. The summed E-state index contributed by atoms with van der Waals surface area (Å²) in [6.45, 7) is 8.83. The highest BCUT2D eigenvalue weighted by molar-refractivity contribution is 6.38. The number of nitrogens with one attached hydrogen (secondary N) is 3. The molecule has 14 nitrogen and oxygen atoms in total. The first kappa shape index (κ1) is 35.6. The van der Waals surface area contributed by atoms with E-state index in [0.29, 0.717) is 43.3 Å². The number of ketones is 1. The molecule has 1 unspecified atom stereocenters. The fourth-order valence-electron chi connectivity index (χ4n) is 7.08. The van der Waals surface area contributed by atoms with Gasteiger partial charge in [-0.2, -0.15) is 0 Å². The van der Waals surface area contributed by atoms with Crippen LogP contribution in [0.5, 0.6) is 11.5 Å². The van der Waals surface area contributed by atoms with Crippen molar-refractivity contribution in [1.29, 1.82) is 0 Å². The number of ether oxygens (including phenoxy) is 3. The first-order chi connectivity index (χ1) is 23.9. The Morgan fingerprint density at radius 2 is 1.76 bits per heavy atom. The van der Waals surface area contributed by atoms with Gasteiger partial charge in [-0.15, -0.1) is 0 Å². The van der Waals surface area contributed by atoms with E-state index in [1.54, 1.807) is 6.07 Å². The van der Waals surface area contributed by atoms with Crippen molar-refractivity contribution >= 4 is 35.1 Å². The Morgan fingerprint density at radius 3 is 2.46 bits per heavy atom. The highest BCUT2D eigenvalue weighted by atomic mass is 16.7. The van der Waals surface area contributed by atoms with Gasteiger partial charge in [0.1, 0.15) is 12.1 Å². The van der Waals surface area contributed by atoms with Gasteiger partial charge in [0.25, 0.3) is 5.91 Å². The van der Waals surface area contributed by atoms with Gasteiger partial charge in [-0.05, 0) is 61.6 Å². The first-order valence-electron chi connectivity index (χ1n) is 17.8. The van der Waals surface area contributed by atoms with E-state index in [1.165, 1.54) is 4.90 Å². The Kier molecular flexibility index (Phi) is 10.4. The summed E-state index contributed by atoms with van der Waals surface area (Å²) in [5.74, 6) is -1.28. The predicted octanol–water partition coefficient (Wildman–Crippen LogP) is 2.36. The molecule has 4 aliphatic heterocycles. The summed E-state index contributed by atoms with van der Waals surface area (Å²) < 4.78 is 16.4. The zero-order chi connectivity index (χ0) is 35.6. The molecule has 14 heteroatoms. The van der Waals surface area contributed by atoms with Gasteiger partial charge < -0.3 is 39.9 Å². The molecule has 5 aliphatic rings. The molecule has 3 fully saturated rings. The maximum Gasteiger partial charge on any atom is 0.289 e. The predicted molar refractivity (Wildman–Crippen MR) is 180 cm³/mol. The molecule has 272 valence electrons. The van der Waals surface area contributed by atoms with Gasteiger partial charge in [-0.1, -0.05) is 39.3 Å². The standard InChI is InChI=1S/C36H49N5O9/c1-5-6-24(30(43)33(45)37-23-8-9-23)38-32(44)26-18-36(17-25(40-50-36)22-7-10-27-28(16-22)49-20-48-27)19-41(26)34(46)31(35(2,3)4)39-29(42)15-21-11-13-47-14-12-21/h7,10,16,21,23-24,26,31H,5-6,8-9,11-15,17-20H2,1-4H3,(H,37,45)(H,38,44)(H,39,42)/t24-,26-,31+,36?/m0/s1. The van der Waals surface area contributed by atoms with Gasteiger partial charge in [0.2, 0.25) is 30.3 Å². The molecule has 2 saturated heterocycles. The summed E-state index contributed by atoms with van der Waals surface area (Å²) >= 11 is 0. The van der Waals surface area contributed by atoms with E-state index in [4.69, 9.17) is 19.0 Å². The van der Waals surface area contributed by atoms with Crippen LogP contribution in [0.4, 0.5) is 0 Å². The highest BCUT2D eigenvalue weighted by Gasteiger charge is 2.56. The molecule has 1 aromatic carbocycles.